The molecule has 0 radical (unpaired) electrons. The summed E-state index contributed by atoms with van der Waals surface area (Å²) in [6.45, 7) is 0.105. The first-order valence-electron chi connectivity index (χ1n) is 7.50. The number of benzene rings is 1. The van der Waals surface area contributed by atoms with Crippen molar-refractivity contribution in [3.63, 3.8) is 0 Å². The monoisotopic (exact) mass is 393 g/mol. The van der Waals surface area contributed by atoms with Gasteiger partial charge in [0.1, 0.15) is 11.4 Å². The van der Waals surface area contributed by atoms with Gasteiger partial charge in [0.15, 0.2) is 0 Å². The second-order valence-corrected chi connectivity index (χ2v) is 6.18. The van der Waals surface area contributed by atoms with Gasteiger partial charge in [-0.1, -0.05) is 29.3 Å². The van der Waals surface area contributed by atoms with Gasteiger partial charge in [-0.2, -0.15) is 5.10 Å². The number of rotatable bonds is 5. The largest absolute Gasteiger partial charge is 0.345 e. The molecule has 8 nitrogen and oxygen atoms in total. The fourth-order valence-electron chi connectivity index (χ4n) is 2.34. The van der Waals surface area contributed by atoms with Crippen LogP contribution in [0.5, 0.6) is 0 Å². The molecule has 0 saturated heterocycles. The molecule has 3 rings (SSSR count). The zero-order valence-electron chi connectivity index (χ0n) is 13.3. The molecule has 0 atom stereocenters. The normalized spacial score (nSPS) is 10.7. The van der Waals surface area contributed by atoms with Crippen LogP contribution < -0.4 is 16.6 Å². The highest BCUT2D eigenvalue weighted by atomic mass is 35.5. The molecule has 3 aromatic rings. The third-order valence-electron chi connectivity index (χ3n) is 3.62. The van der Waals surface area contributed by atoms with Crippen molar-refractivity contribution in [1.29, 1.82) is 0 Å². The van der Waals surface area contributed by atoms with Crippen LogP contribution in [0.15, 0.2) is 46.1 Å². The van der Waals surface area contributed by atoms with Gasteiger partial charge in [0.2, 0.25) is 0 Å². The first-order valence-corrected chi connectivity index (χ1v) is 8.25. The molecule has 0 bridgehead atoms. The first-order chi connectivity index (χ1) is 12.5. The van der Waals surface area contributed by atoms with Gasteiger partial charge in [-0.05, 0) is 24.3 Å². The summed E-state index contributed by atoms with van der Waals surface area (Å²) >= 11 is 12.3. The van der Waals surface area contributed by atoms with Crippen molar-refractivity contribution in [1.82, 2.24) is 25.1 Å². The highest BCUT2D eigenvalue weighted by Crippen LogP contribution is 2.24. The highest BCUT2D eigenvalue weighted by Gasteiger charge is 2.14. The van der Waals surface area contributed by atoms with E-state index in [9.17, 15) is 14.4 Å². The number of hydrogen-bond acceptors (Lipinski definition) is 4. The van der Waals surface area contributed by atoms with Crippen molar-refractivity contribution in [3.05, 3.63) is 84.4 Å². The predicted octanol–water partition coefficient (Wildman–Crippen LogP) is 1.54. The Labute approximate surface area is 156 Å². The molecule has 3 N–H and O–H groups in total. The van der Waals surface area contributed by atoms with Crippen molar-refractivity contribution in [3.8, 4) is 0 Å². The molecule has 0 unspecified atom stereocenters. The summed E-state index contributed by atoms with van der Waals surface area (Å²) in [5.41, 5.74) is -0.428. The van der Waals surface area contributed by atoms with Gasteiger partial charge in [-0.15, -0.1) is 0 Å². The van der Waals surface area contributed by atoms with E-state index < -0.39 is 17.2 Å². The van der Waals surface area contributed by atoms with E-state index in [-0.39, 0.29) is 24.5 Å². The minimum Gasteiger partial charge on any atom is -0.345 e. The maximum atomic E-state index is 12.6. The Morgan fingerprint density at radius 2 is 1.88 bits per heavy atom. The van der Waals surface area contributed by atoms with Crippen molar-refractivity contribution in [2.45, 2.75) is 13.1 Å². The molecule has 10 heteroatoms. The standard InChI is InChI=1S/C16H13Cl2N5O3/c17-11-4-1-5-12(18)10(11)8-23-6-2-3-9(15(23)25)14(24)19-7-13-20-16(26)22-21-13/h1-6H,7-8H2,(H,19,24)(H2,20,21,22,26). The van der Waals surface area contributed by atoms with Crippen LogP contribution in [0.4, 0.5) is 0 Å². The Balaban J connectivity index is 1.81. The topological polar surface area (TPSA) is 113 Å². The van der Waals surface area contributed by atoms with Gasteiger partial charge in [-0.3, -0.25) is 14.6 Å². The summed E-state index contributed by atoms with van der Waals surface area (Å²) in [5.74, 6) is -0.332. The van der Waals surface area contributed by atoms with Gasteiger partial charge in [0.05, 0.1) is 13.1 Å². The van der Waals surface area contributed by atoms with E-state index in [0.717, 1.165) is 0 Å². The molecule has 2 aromatic heterocycles. The predicted molar refractivity (Wildman–Crippen MR) is 96.6 cm³/mol. The molecule has 1 aromatic carbocycles. The van der Waals surface area contributed by atoms with Gasteiger partial charge in [0, 0.05) is 21.8 Å². The zero-order valence-corrected chi connectivity index (χ0v) is 14.8. The average Bonchev–Trinajstić information content (AvgIpc) is 3.03. The molecular formula is C16H13Cl2N5O3. The van der Waals surface area contributed by atoms with E-state index in [4.69, 9.17) is 23.2 Å². The average molecular weight is 394 g/mol. The summed E-state index contributed by atoms with van der Waals surface area (Å²) in [5, 5.41) is 9.25. The number of aromatic nitrogens is 4. The van der Waals surface area contributed by atoms with Crippen molar-refractivity contribution in [2.24, 2.45) is 0 Å². The summed E-state index contributed by atoms with van der Waals surface area (Å²) in [6.07, 6.45) is 1.55. The summed E-state index contributed by atoms with van der Waals surface area (Å²) in [6, 6.07) is 8.05. The fraction of sp³-hybridized carbons (Fsp3) is 0.125. The van der Waals surface area contributed by atoms with Crippen LogP contribution in [0.3, 0.4) is 0 Å². The molecule has 134 valence electrons. The third-order valence-corrected chi connectivity index (χ3v) is 4.33. The van der Waals surface area contributed by atoms with Crippen LogP contribution in [0.1, 0.15) is 21.7 Å². The van der Waals surface area contributed by atoms with E-state index in [2.05, 4.69) is 20.5 Å². The lowest BCUT2D eigenvalue weighted by Crippen LogP contribution is -2.33. The van der Waals surface area contributed by atoms with Gasteiger partial charge >= 0.3 is 5.69 Å². The maximum Gasteiger partial charge on any atom is 0.340 e. The van der Waals surface area contributed by atoms with E-state index in [0.29, 0.717) is 15.6 Å². The summed E-state index contributed by atoms with van der Waals surface area (Å²) in [4.78, 5) is 38.2. The molecule has 2 heterocycles. The van der Waals surface area contributed by atoms with Crippen LogP contribution in [-0.4, -0.2) is 25.7 Å². The van der Waals surface area contributed by atoms with E-state index in [1.165, 1.54) is 10.6 Å². The lowest BCUT2D eigenvalue weighted by molar-refractivity contribution is 0.0948. The first kappa shape index (κ1) is 18.0. The fourth-order valence-corrected chi connectivity index (χ4v) is 2.85. The molecule has 0 saturated carbocycles. The number of pyridine rings is 1. The molecule has 1 amide bonds. The smallest absolute Gasteiger partial charge is 0.340 e. The minimum atomic E-state index is -0.585. The number of hydrogen-bond donors (Lipinski definition) is 3. The Bertz CT molecular complexity index is 1050. The second kappa shape index (κ2) is 7.59. The number of H-pyrrole nitrogens is 2. The molecule has 0 fully saturated rings. The molecular weight excluding hydrogens is 381 g/mol. The van der Waals surface area contributed by atoms with Crippen LogP contribution in [0.25, 0.3) is 0 Å². The number of amides is 1. The SMILES string of the molecule is O=C(NCc1n[nH]c(=O)[nH]1)c1cccn(Cc2c(Cl)cccc2Cl)c1=O. The highest BCUT2D eigenvalue weighted by molar-refractivity contribution is 6.35. The van der Waals surface area contributed by atoms with Gasteiger partial charge in [-0.25, -0.2) is 9.89 Å². The minimum absolute atomic E-state index is 0.0255. The number of carbonyl (C=O) groups is 1. The quantitative estimate of drug-likeness (QED) is 0.609. The lowest BCUT2D eigenvalue weighted by atomic mass is 10.2. The number of aromatic amines is 2. The Morgan fingerprint density at radius 1 is 1.15 bits per heavy atom. The molecule has 0 aliphatic rings. The number of halogens is 2. The van der Waals surface area contributed by atoms with E-state index >= 15 is 0 Å². The molecule has 0 spiro atoms. The molecule has 26 heavy (non-hydrogen) atoms. The Hall–Kier alpha value is -2.84. The number of carbonyl (C=O) groups excluding carboxylic acids is 1. The van der Waals surface area contributed by atoms with Gasteiger partial charge < -0.3 is 9.88 Å². The van der Waals surface area contributed by atoms with E-state index in [1.54, 1.807) is 30.5 Å². The Kier molecular flexibility index (Phi) is 5.24. The summed E-state index contributed by atoms with van der Waals surface area (Å²) < 4.78 is 1.35. The van der Waals surface area contributed by atoms with Crippen LogP contribution in [-0.2, 0) is 13.1 Å². The summed E-state index contributed by atoms with van der Waals surface area (Å²) in [7, 11) is 0. The van der Waals surface area contributed by atoms with E-state index in [1.807, 2.05) is 0 Å². The van der Waals surface area contributed by atoms with Crippen molar-refractivity contribution in [2.75, 3.05) is 0 Å². The Morgan fingerprint density at radius 3 is 2.54 bits per heavy atom. The number of nitrogens with one attached hydrogen (secondary N) is 3. The van der Waals surface area contributed by atoms with Crippen LogP contribution in [0.2, 0.25) is 10.0 Å². The van der Waals surface area contributed by atoms with Gasteiger partial charge in [0.25, 0.3) is 11.5 Å². The third kappa shape index (κ3) is 3.87. The molecule has 0 aliphatic heterocycles. The molecule has 0 aliphatic carbocycles. The van der Waals surface area contributed by atoms with Crippen LogP contribution in [0, 0.1) is 0 Å². The van der Waals surface area contributed by atoms with Crippen LogP contribution >= 0.6 is 23.2 Å². The maximum absolute atomic E-state index is 12.6. The van der Waals surface area contributed by atoms with Crippen molar-refractivity contribution < 1.29 is 4.79 Å². The number of nitrogens with zero attached hydrogens (tertiary/aromatic N) is 2. The second-order valence-electron chi connectivity index (χ2n) is 5.36. The van der Waals surface area contributed by atoms with Crippen molar-refractivity contribution >= 4 is 29.1 Å². The lowest BCUT2D eigenvalue weighted by Gasteiger charge is -2.11. The zero-order chi connectivity index (χ0) is 18.7.